The molecule has 2 aliphatic rings. The number of esters is 1. The predicted molar refractivity (Wildman–Crippen MR) is 78.1 cm³/mol. The van der Waals surface area contributed by atoms with Gasteiger partial charge in [0.1, 0.15) is 18.1 Å². The molecule has 128 valence electrons. The molecule has 2 fully saturated rings. The molecule has 2 rings (SSSR count). The molecule has 23 heavy (non-hydrogen) atoms. The largest absolute Gasteiger partial charge is 0.457 e. The van der Waals surface area contributed by atoms with Crippen LogP contribution in [0.2, 0.25) is 0 Å². The smallest absolute Gasteiger partial charge is 0.370 e. The van der Waals surface area contributed by atoms with Crippen LogP contribution in [-0.2, 0) is 9.53 Å². The first-order valence-electron chi connectivity index (χ1n) is 8.22. The van der Waals surface area contributed by atoms with E-state index in [-0.39, 0.29) is 12.8 Å². The lowest BCUT2D eigenvalue weighted by Gasteiger charge is -2.28. The molecule has 0 spiro atoms. The number of hydrogen-bond acceptors (Lipinski definition) is 3. The van der Waals surface area contributed by atoms with Crippen LogP contribution in [0.25, 0.3) is 0 Å². The van der Waals surface area contributed by atoms with Crippen molar-refractivity contribution >= 4 is 5.97 Å². The van der Waals surface area contributed by atoms with E-state index in [1.54, 1.807) is 0 Å². The Labute approximate surface area is 134 Å². The molecule has 0 bridgehead atoms. The summed E-state index contributed by atoms with van der Waals surface area (Å²) in [5.41, 5.74) is 0. The molecule has 0 heterocycles. The number of rotatable bonds is 3. The number of nitrogens with zero attached hydrogens (tertiary/aromatic N) is 1. The van der Waals surface area contributed by atoms with Crippen LogP contribution >= 0.6 is 0 Å². The number of halogens is 3. The first-order valence-corrected chi connectivity index (χ1v) is 8.22. The summed E-state index contributed by atoms with van der Waals surface area (Å²) in [6, 6.07) is 1.86. The fourth-order valence-corrected chi connectivity index (χ4v) is 3.33. The van der Waals surface area contributed by atoms with Crippen molar-refractivity contribution in [1.82, 2.24) is 0 Å². The minimum Gasteiger partial charge on any atom is -0.457 e. The molecule has 0 aromatic rings. The molecule has 0 aromatic carbocycles. The zero-order valence-corrected chi connectivity index (χ0v) is 13.2. The Morgan fingerprint density at radius 3 is 2.35 bits per heavy atom. The van der Waals surface area contributed by atoms with Gasteiger partial charge in [0.15, 0.2) is 0 Å². The SMILES string of the molecule is CC1CCC(C(F)=C(F)C(=O)OC2CCC(C#N)C(F)C2)CC1. The van der Waals surface area contributed by atoms with Gasteiger partial charge in [-0.3, -0.25) is 0 Å². The molecule has 0 amide bonds. The zero-order valence-electron chi connectivity index (χ0n) is 13.2. The molecule has 2 saturated carbocycles. The summed E-state index contributed by atoms with van der Waals surface area (Å²) in [7, 11) is 0. The molecule has 3 nitrogen and oxygen atoms in total. The topological polar surface area (TPSA) is 50.1 Å². The van der Waals surface area contributed by atoms with Crippen molar-refractivity contribution in [3.8, 4) is 6.07 Å². The summed E-state index contributed by atoms with van der Waals surface area (Å²) in [6.07, 6.45) is 0.866. The quantitative estimate of drug-likeness (QED) is 0.564. The van der Waals surface area contributed by atoms with Crippen LogP contribution in [0.3, 0.4) is 0 Å². The van der Waals surface area contributed by atoms with Gasteiger partial charge in [0.2, 0.25) is 5.83 Å². The van der Waals surface area contributed by atoms with Crippen LogP contribution in [0.4, 0.5) is 13.2 Å². The van der Waals surface area contributed by atoms with Crippen LogP contribution in [0, 0.1) is 29.1 Å². The third-order valence-electron chi connectivity index (χ3n) is 4.93. The van der Waals surface area contributed by atoms with Crippen molar-refractivity contribution in [2.75, 3.05) is 0 Å². The third-order valence-corrected chi connectivity index (χ3v) is 4.93. The van der Waals surface area contributed by atoms with Crippen LogP contribution in [-0.4, -0.2) is 18.2 Å². The summed E-state index contributed by atoms with van der Waals surface area (Å²) < 4.78 is 46.6. The van der Waals surface area contributed by atoms with E-state index >= 15 is 0 Å². The van der Waals surface area contributed by atoms with Crippen LogP contribution in [0.5, 0.6) is 0 Å². The number of allylic oxidation sites excluding steroid dienone is 1. The van der Waals surface area contributed by atoms with E-state index in [0.717, 1.165) is 12.8 Å². The molecule has 0 radical (unpaired) electrons. The summed E-state index contributed by atoms with van der Waals surface area (Å²) in [6.45, 7) is 2.06. The molecule has 0 N–H and O–H groups in total. The van der Waals surface area contributed by atoms with E-state index in [2.05, 4.69) is 6.92 Å². The Balaban J connectivity index is 1.92. The monoisotopic (exact) mass is 329 g/mol. The number of hydrogen-bond donors (Lipinski definition) is 0. The van der Waals surface area contributed by atoms with E-state index in [0.29, 0.717) is 25.2 Å². The average Bonchev–Trinajstić information content (AvgIpc) is 2.54. The number of carbonyl (C=O) groups excluding carboxylic acids is 1. The Kier molecular flexibility index (Phi) is 6.09. The summed E-state index contributed by atoms with van der Waals surface area (Å²) in [5.74, 6) is -4.67. The average molecular weight is 329 g/mol. The van der Waals surface area contributed by atoms with E-state index in [1.807, 2.05) is 6.07 Å². The van der Waals surface area contributed by atoms with Gasteiger partial charge in [0, 0.05) is 12.3 Å². The van der Waals surface area contributed by atoms with Crippen LogP contribution in [0.15, 0.2) is 11.7 Å². The second-order valence-corrected chi connectivity index (χ2v) is 6.71. The van der Waals surface area contributed by atoms with Crippen molar-refractivity contribution in [2.24, 2.45) is 17.8 Å². The molecule has 3 unspecified atom stereocenters. The van der Waals surface area contributed by atoms with Gasteiger partial charge in [-0.2, -0.15) is 9.65 Å². The lowest BCUT2D eigenvalue weighted by atomic mass is 9.82. The van der Waals surface area contributed by atoms with Gasteiger partial charge < -0.3 is 4.74 Å². The lowest BCUT2D eigenvalue weighted by Crippen LogP contribution is -2.32. The summed E-state index contributed by atoms with van der Waals surface area (Å²) >= 11 is 0. The highest BCUT2D eigenvalue weighted by Crippen LogP contribution is 2.36. The Hall–Kier alpha value is -1.51. The number of nitriles is 1. The fourth-order valence-electron chi connectivity index (χ4n) is 3.33. The van der Waals surface area contributed by atoms with Gasteiger partial charge in [0.25, 0.3) is 0 Å². The molecule has 0 aliphatic heterocycles. The van der Waals surface area contributed by atoms with Crippen molar-refractivity contribution < 1.29 is 22.7 Å². The predicted octanol–water partition coefficient (Wildman–Crippen LogP) is 4.54. The molecule has 2 aliphatic carbocycles. The van der Waals surface area contributed by atoms with E-state index < -0.39 is 41.7 Å². The maximum absolute atomic E-state index is 14.1. The molecular weight excluding hydrogens is 307 g/mol. The number of carbonyl (C=O) groups is 1. The maximum Gasteiger partial charge on any atom is 0.370 e. The molecule has 3 atom stereocenters. The molecule has 0 aromatic heterocycles. The lowest BCUT2D eigenvalue weighted by molar-refractivity contribution is -0.149. The third kappa shape index (κ3) is 4.49. The Morgan fingerprint density at radius 2 is 1.78 bits per heavy atom. The second kappa shape index (κ2) is 7.85. The standard InChI is InChI=1S/C17H22F3NO2/c1-10-2-4-11(5-3-10)15(19)16(20)17(22)23-13-7-6-12(9-21)14(18)8-13/h10-14H,2-8H2,1H3. The van der Waals surface area contributed by atoms with E-state index in [1.165, 1.54) is 0 Å². The highest BCUT2D eigenvalue weighted by Gasteiger charge is 2.34. The van der Waals surface area contributed by atoms with Gasteiger partial charge in [-0.1, -0.05) is 19.8 Å². The maximum atomic E-state index is 14.1. The molecule has 0 saturated heterocycles. The van der Waals surface area contributed by atoms with E-state index in [9.17, 15) is 18.0 Å². The van der Waals surface area contributed by atoms with Crippen LogP contribution < -0.4 is 0 Å². The highest BCUT2D eigenvalue weighted by atomic mass is 19.2. The van der Waals surface area contributed by atoms with Crippen LogP contribution in [0.1, 0.15) is 51.9 Å². The van der Waals surface area contributed by atoms with Crippen molar-refractivity contribution in [2.45, 2.75) is 64.1 Å². The van der Waals surface area contributed by atoms with Gasteiger partial charge in [-0.05, 0) is 31.6 Å². The number of alkyl halides is 1. The van der Waals surface area contributed by atoms with E-state index in [4.69, 9.17) is 10.00 Å². The first-order chi connectivity index (χ1) is 10.9. The van der Waals surface area contributed by atoms with Crippen molar-refractivity contribution in [3.05, 3.63) is 11.7 Å². The summed E-state index contributed by atoms with van der Waals surface area (Å²) in [5, 5.41) is 8.74. The van der Waals surface area contributed by atoms with Crippen molar-refractivity contribution in [3.63, 3.8) is 0 Å². The van der Waals surface area contributed by atoms with Gasteiger partial charge in [-0.25, -0.2) is 13.6 Å². The number of ether oxygens (including phenoxy) is 1. The highest BCUT2D eigenvalue weighted by molar-refractivity contribution is 5.86. The van der Waals surface area contributed by atoms with Gasteiger partial charge in [-0.15, -0.1) is 0 Å². The zero-order chi connectivity index (χ0) is 17.0. The Bertz CT molecular complexity index is 506. The van der Waals surface area contributed by atoms with Gasteiger partial charge in [0.05, 0.1) is 12.0 Å². The fraction of sp³-hybridized carbons (Fsp3) is 0.765. The van der Waals surface area contributed by atoms with Crippen molar-refractivity contribution in [1.29, 1.82) is 5.26 Å². The van der Waals surface area contributed by atoms with Gasteiger partial charge >= 0.3 is 5.97 Å². The normalized spacial score (nSPS) is 35.9. The molecule has 6 heteroatoms. The summed E-state index contributed by atoms with van der Waals surface area (Å²) in [4.78, 5) is 11.7. The minimum absolute atomic E-state index is 0.139. The Morgan fingerprint density at radius 1 is 1.13 bits per heavy atom. The minimum atomic E-state index is -1.48. The second-order valence-electron chi connectivity index (χ2n) is 6.71. The first kappa shape index (κ1) is 17.8. The molecular formula is C17H22F3NO2.